The lowest BCUT2D eigenvalue weighted by molar-refractivity contribution is -0.126. The van der Waals surface area contributed by atoms with E-state index >= 15 is 0 Å². The van der Waals surface area contributed by atoms with Crippen LogP contribution in [0.4, 0.5) is 0 Å². The number of rotatable bonds is 6. The van der Waals surface area contributed by atoms with E-state index in [2.05, 4.69) is 40.3 Å². The maximum absolute atomic E-state index is 11.7. The van der Waals surface area contributed by atoms with Crippen LogP contribution in [0.25, 0.3) is 0 Å². The van der Waals surface area contributed by atoms with Crippen LogP contribution >= 0.6 is 27.3 Å². The van der Waals surface area contributed by atoms with Crippen molar-refractivity contribution in [1.82, 2.24) is 5.32 Å². The normalized spacial score (nSPS) is 17.2. The molecule has 0 unspecified atom stereocenters. The van der Waals surface area contributed by atoms with Gasteiger partial charge in [-0.3, -0.25) is 4.79 Å². The van der Waals surface area contributed by atoms with Gasteiger partial charge in [-0.25, -0.2) is 0 Å². The number of hydrogen-bond donors (Lipinski definition) is 1. The van der Waals surface area contributed by atoms with Crippen LogP contribution in [0.3, 0.4) is 0 Å². The quantitative estimate of drug-likeness (QED) is 0.870. The smallest absolute Gasteiger partial charge is 0.220 e. The van der Waals surface area contributed by atoms with Gasteiger partial charge in [-0.05, 0) is 40.9 Å². The minimum Gasteiger partial charge on any atom is -0.380 e. The first-order valence-corrected chi connectivity index (χ1v) is 7.77. The molecule has 1 aromatic heterocycles. The molecule has 0 radical (unpaired) electrons. The van der Waals surface area contributed by atoms with Crippen molar-refractivity contribution in [3.63, 3.8) is 0 Å². The van der Waals surface area contributed by atoms with Crippen molar-refractivity contribution in [2.45, 2.75) is 26.2 Å². The molecule has 2 rings (SSSR count). The van der Waals surface area contributed by atoms with E-state index in [0.717, 1.165) is 36.4 Å². The van der Waals surface area contributed by atoms with Gasteiger partial charge < -0.3 is 10.1 Å². The predicted octanol–water partition coefficient (Wildman–Crippen LogP) is 2.99. The summed E-state index contributed by atoms with van der Waals surface area (Å²) < 4.78 is 6.31. The van der Waals surface area contributed by atoms with E-state index in [1.807, 2.05) is 0 Å². The maximum atomic E-state index is 11.7. The van der Waals surface area contributed by atoms with E-state index in [1.165, 1.54) is 4.88 Å². The minimum atomic E-state index is 0.152. The van der Waals surface area contributed by atoms with E-state index in [9.17, 15) is 4.79 Å². The molecule has 1 aromatic rings. The van der Waals surface area contributed by atoms with Gasteiger partial charge in [-0.1, -0.05) is 6.92 Å². The Morgan fingerprint density at radius 3 is 2.89 bits per heavy atom. The monoisotopic (exact) mass is 331 g/mol. The lowest BCUT2D eigenvalue weighted by Gasteiger charge is -2.38. The van der Waals surface area contributed by atoms with Gasteiger partial charge in [-0.15, -0.1) is 11.3 Å². The van der Waals surface area contributed by atoms with Gasteiger partial charge in [-0.2, -0.15) is 0 Å². The largest absolute Gasteiger partial charge is 0.380 e. The molecule has 1 N–H and O–H groups in total. The second-order valence-electron chi connectivity index (χ2n) is 5.14. The summed E-state index contributed by atoms with van der Waals surface area (Å²) in [5.41, 5.74) is 0.161. The lowest BCUT2D eigenvalue weighted by atomic mass is 9.89. The number of thiophene rings is 1. The molecule has 0 aliphatic carbocycles. The summed E-state index contributed by atoms with van der Waals surface area (Å²) in [7, 11) is 0. The maximum Gasteiger partial charge on any atom is 0.220 e. The Bertz CT molecular complexity index is 415. The Hall–Kier alpha value is -0.390. The molecule has 1 saturated heterocycles. The van der Waals surface area contributed by atoms with Crippen LogP contribution in [-0.4, -0.2) is 25.7 Å². The van der Waals surface area contributed by atoms with Crippen molar-refractivity contribution in [2.24, 2.45) is 5.41 Å². The van der Waals surface area contributed by atoms with Crippen LogP contribution in [-0.2, 0) is 16.0 Å². The Morgan fingerprint density at radius 1 is 1.56 bits per heavy atom. The summed E-state index contributed by atoms with van der Waals surface area (Å²) in [6.07, 6.45) is 2.49. The molecule has 5 heteroatoms. The highest BCUT2D eigenvalue weighted by Crippen LogP contribution is 2.25. The summed E-state index contributed by atoms with van der Waals surface area (Å²) in [6.45, 7) is 4.39. The standard InChI is InChI=1S/C13H18BrNO2S/c1-13(8-17-9-13)7-15-12(16)4-2-3-10-5-6-11(14)18-10/h5-6H,2-4,7-9H2,1H3,(H,15,16). The van der Waals surface area contributed by atoms with Crippen LogP contribution in [0.1, 0.15) is 24.6 Å². The molecular weight excluding hydrogens is 314 g/mol. The second kappa shape index (κ2) is 6.17. The van der Waals surface area contributed by atoms with Crippen molar-refractivity contribution in [3.8, 4) is 0 Å². The third kappa shape index (κ3) is 4.07. The molecule has 100 valence electrons. The fourth-order valence-electron chi connectivity index (χ4n) is 1.86. The summed E-state index contributed by atoms with van der Waals surface area (Å²) >= 11 is 5.18. The molecule has 0 saturated carbocycles. The van der Waals surface area contributed by atoms with Crippen molar-refractivity contribution in [1.29, 1.82) is 0 Å². The van der Waals surface area contributed by atoms with Crippen LogP contribution in [0.5, 0.6) is 0 Å². The number of carbonyl (C=O) groups is 1. The third-order valence-electron chi connectivity index (χ3n) is 3.07. The highest BCUT2D eigenvalue weighted by atomic mass is 79.9. The second-order valence-corrected chi connectivity index (χ2v) is 7.69. The first kappa shape index (κ1) is 14.0. The molecule has 1 fully saturated rings. The fourth-order valence-corrected chi connectivity index (χ4v) is 3.39. The summed E-state index contributed by atoms with van der Waals surface area (Å²) in [5, 5.41) is 2.99. The molecule has 18 heavy (non-hydrogen) atoms. The first-order valence-electron chi connectivity index (χ1n) is 6.16. The highest BCUT2D eigenvalue weighted by Gasteiger charge is 2.33. The van der Waals surface area contributed by atoms with Gasteiger partial charge in [0.25, 0.3) is 0 Å². The SMILES string of the molecule is CC1(CNC(=O)CCCc2ccc(Br)s2)COC1. The van der Waals surface area contributed by atoms with Crippen LogP contribution in [0.2, 0.25) is 0 Å². The number of amides is 1. The molecule has 0 aromatic carbocycles. The molecule has 0 bridgehead atoms. The molecule has 0 spiro atoms. The molecule has 0 atom stereocenters. The van der Waals surface area contributed by atoms with Crippen molar-refractivity contribution >= 4 is 33.2 Å². The average Bonchev–Trinajstić information content (AvgIpc) is 2.70. The Balaban J connectivity index is 1.60. The van der Waals surface area contributed by atoms with Gasteiger partial charge >= 0.3 is 0 Å². The molecular formula is C13H18BrNO2S. The average molecular weight is 332 g/mol. The molecule has 2 heterocycles. The van der Waals surface area contributed by atoms with Crippen molar-refractivity contribution in [2.75, 3.05) is 19.8 Å². The van der Waals surface area contributed by atoms with Gasteiger partial charge in [0.1, 0.15) is 0 Å². The van der Waals surface area contributed by atoms with E-state index in [1.54, 1.807) is 11.3 Å². The number of aryl methyl sites for hydroxylation is 1. The Kier molecular flexibility index (Phi) is 4.81. The van der Waals surface area contributed by atoms with Gasteiger partial charge in [0, 0.05) is 23.3 Å². The summed E-state index contributed by atoms with van der Waals surface area (Å²) in [4.78, 5) is 13.0. The van der Waals surface area contributed by atoms with Crippen LogP contribution < -0.4 is 5.32 Å². The van der Waals surface area contributed by atoms with Gasteiger partial charge in [0.05, 0.1) is 17.0 Å². The van der Waals surface area contributed by atoms with Gasteiger partial charge in [0.15, 0.2) is 0 Å². The minimum absolute atomic E-state index is 0.152. The zero-order valence-electron chi connectivity index (χ0n) is 10.5. The van der Waals surface area contributed by atoms with E-state index < -0.39 is 0 Å². The molecule has 1 aliphatic heterocycles. The van der Waals surface area contributed by atoms with E-state index in [4.69, 9.17) is 4.74 Å². The highest BCUT2D eigenvalue weighted by molar-refractivity contribution is 9.11. The number of carbonyl (C=O) groups excluding carboxylic acids is 1. The zero-order valence-corrected chi connectivity index (χ0v) is 12.9. The summed E-state index contributed by atoms with van der Waals surface area (Å²) in [6, 6.07) is 4.16. The van der Waals surface area contributed by atoms with E-state index in [0.29, 0.717) is 6.42 Å². The van der Waals surface area contributed by atoms with Crippen LogP contribution in [0.15, 0.2) is 15.9 Å². The van der Waals surface area contributed by atoms with Gasteiger partial charge in [0.2, 0.25) is 5.91 Å². The topological polar surface area (TPSA) is 38.3 Å². The molecule has 1 amide bonds. The Morgan fingerprint density at radius 2 is 2.33 bits per heavy atom. The predicted molar refractivity (Wildman–Crippen MR) is 76.9 cm³/mol. The lowest BCUT2D eigenvalue weighted by Crippen LogP contribution is -2.48. The first-order chi connectivity index (χ1) is 8.57. The number of hydrogen-bond acceptors (Lipinski definition) is 3. The van der Waals surface area contributed by atoms with Crippen molar-refractivity contribution in [3.05, 3.63) is 20.8 Å². The number of nitrogens with one attached hydrogen (secondary N) is 1. The summed E-state index contributed by atoms with van der Waals surface area (Å²) in [5.74, 6) is 0.152. The molecule has 1 aliphatic rings. The van der Waals surface area contributed by atoms with Crippen molar-refractivity contribution < 1.29 is 9.53 Å². The molecule has 3 nitrogen and oxygen atoms in total. The number of ether oxygens (including phenoxy) is 1. The van der Waals surface area contributed by atoms with Crippen LogP contribution in [0, 0.1) is 5.41 Å². The fraction of sp³-hybridized carbons (Fsp3) is 0.615. The van der Waals surface area contributed by atoms with E-state index in [-0.39, 0.29) is 11.3 Å². The Labute approximate surface area is 120 Å². The number of halogens is 1. The zero-order chi connectivity index (χ0) is 13.0. The third-order valence-corrected chi connectivity index (χ3v) is 4.75.